The molecule has 2 atom stereocenters. The van der Waals surface area contributed by atoms with Gasteiger partial charge in [0.15, 0.2) is 0 Å². The molecule has 0 aliphatic rings. The van der Waals surface area contributed by atoms with Gasteiger partial charge in [0.25, 0.3) is 5.91 Å². The lowest BCUT2D eigenvalue weighted by Crippen LogP contribution is -2.54. The highest BCUT2D eigenvalue weighted by molar-refractivity contribution is 6.00. The molecule has 2 unspecified atom stereocenters. The second-order valence-electron chi connectivity index (χ2n) is 10.3. The number of hydrogen-bond acceptors (Lipinski definition) is 5. The van der Waals surface area contributed by atoms with Gasteiger partial charge < -0.3 is 25.4 Å². The number of aliphatic hydroxyl groups is 1. The smallest absolute Gasteiger partial charge is 0.408 e. The van der Waals surface area contributed by atoms with E-state index in [0.29, 0.717) is 17.7 Å². The molecule has 2 aromatic carbocycles. The van der Waals surface area contributed by atoms with E-state index in [1.165, 1.54) is 4.90 Å². The summed E-state index contributed by atoms with van der Waals surface area (Å²) >= 11 is 0. The third-order valence-electron chi connectivity index (χ3n) is 5.96. The number of alkyl carbamates (subject to hydrolysis) is 1. The summed E-state index contributed by atoms with van der Waals surface area (Å²) in [6.45, 7) is 14.3. The van der Waals surface area contributed by atoms with E-state index in [1.807, 2.05) is 51.1 Å². The highest BCUT2D eigenvalue weighted by Gasteiger charge is 2.36. The van der Waals surface area contributed by atoms with E-state index >= 15 is 0 Å². The molecule has 0 aliphatic heterocycles. The molecule has 0 saturated heterocycles. The maximum Gasteiger partial charge on any atom is 0.408 e. The van der Waals surface area contributed by atoms with Crippen molar-refractivity contribution in [2.24, 2.45) is 0 Å². The number of aliphatic hydroxyl groups excluding tert-OH is 1. The molecule has 206 valence electrons. The Morgan fingerprint density at radius 2 is 1.74 bits per heavy atom. The van der Waals surface area contributed by atoms with Crippen LogP contribution in [0.15, 0.2) is 49.0 Å². The van der Waals surface area contributed by atoms with Crippen molar-refractivity contribution >= 4 is 29.7 Å². The van der Waals surface area contributed by atoms with Crippen LogP contribution < -0.4 is 10.6 Å². The molecule has 38 heavy (non-hydrogen) atoms. The summed E-state index contributed by atoms with van der Waals surface area (Å²) in [7, 11) is 0. The van der Waals surface area contributed by atoms with E-state index in [1.54, 1.807) is 39.0 Å². The van der Waals surface area contributed by atoms with E-state index in [9.17, 15) is 19.5 Å². The Bertz CT molecular complexity index is 1120. The molecule has 0 fully saturated rings. The van der Waals surface area contributed by atoms with Crippen LogP contribution in [0, 0.1) is 13.8 Å². The van der Waals surface area contributed by atoms with E-state index in [0.717, 1.165) is 23.1 Å². The lowest BCUT2D eigenvalue weighted by Gasteiger charge is -2.34. The molecule has 3 amide bonds. The van der Waals surface area contributed by atoms with Crippen molar-refractivity contribution in [2.45, 2.75) is 72.1 Å². The molecule has 0 saturated carbocycles. The van der Waals surface area contributed by atoms with E-state index < -0.39 is 42.2 Å². The number of amides is 3. The molecular weight excluding hydrogens is 482 g/mol. The van der Waals surface area contributed by atoms with Gasteiger partial charge in [0, 0.05) is 12.2 Å². The van der Waals surface area contributed by atoms with Gasteiger partial charge in [0.2, 0.25) is 5.91 Å². The molecule has 3 N–H and O–H groups in total. The summed E-state index contributed by atoms with van der Waals surface area (Å²) < 4.78 is 5.29. The average Bonchev–Trinajstić information content (AvgIpc) is 2.85. The Balaban J connectivity index is 2.55. The van der Waals surface area contributed by atoms with Crippen LogP contribution in [0.5, 0.6) is 0 Å². The van der Waals surface area contributed by atoms with Crippen molar-refractivity contribution in [3.05, 3.63) is 71.3 Å². The molecule has 0 radical (unpaired) electrons. The number of carbonyl (C=O) groups is 3. The third-order valence-corrected chi connectivity index (χ3v) is 5.96. The van der Waals surface area contributed by atoms with Gasteiger partial charge in [0.1, 0.15) is 17.7 Å². The van der Waals surface area contributed by atoms with Crippen LogP contribution in [0.1, 0.15) is 68.8 Å². The number of nitrogens with one attached hydrogen (secondary N) is 2. The zero-order valence-electron chi connectivity index (χ0n) is 23.3. The fourth-order valence-electron chi connectivity index (χ4n) is 4.06. The van der Waals surface area contributed by atoms with Gasteiger partial charge in [-0.15, -0.1) is 0 Å². The number of nitrogens with zero attached hydrogens (tertiary/aromatic N) is 1. The molecule has 2 rings (SSSR count). The van der Waals surface area contributed by atoms with Gasteiger partial charge in [-0.3, -0.25) is 9.59 Å². The predicted octanol–water partition coefficient (Wildman–Crippen LogP) is 5.14. The van der Waals surface area contributed by atoms with Crippen molar-refractivity contribution < 1.29 is 24.2 Å². The van der Waals surface area contributed by atoms with Crippen LogP contribution >= 0.6 is 0 Å². The second-order valence-corrected chi connectivity index (χ2v) is 10.3. The first-order valence-corrected chi connectivity index (χ1v) is 12.9. The van der Waals surface area contributed by atoms with Gasteiger partial charge in [-0.05, 0) is 69.4 Å². The van der Waals surface area contributed by atoms with Crippen LogP contribution in [0.2, 0.25) is 0 Å². The maximum atomic E-state index is 13.9. The second kappa shape index (κ2) is 13.8. The summed E-state index contributed by atoms with van der Waals surface area (Å²) in [4.78, 5) is 41.6. The summed E-state index contributed by atoms with van der Waals surface area (Å²) in [5.74, 6) is -0.987. The maximum absolute atomic E-state index is 13.9. The number of rotatable bonds is 11. The number of hydrogen-bond donors (Lipinski definition) is 3. The molecule has 0 aliphatic carbocycles. The summed E-state index contributed by atoms with van der Waals surface area (Å²) in [6.07, 6.45) is 2.23. The summed E-state index contributed by atoms with van der Waals surface area (Å²) in [5.41, 5.74) is 3.06. The van der Waals surface area contributed by atoms with Gasteiger partial charge in [-0.2, -0.15) is 0 Å². The minimum absolute atomic E-state index is 0.241. The van der Waals surface area contributed by atoms with E-state index in [2.05, 4.69) is 17.2 Å². The van der Waals surface area contributed by atoms with E-state index in [-0.39, 0.29) is 6.54 Å². The van der Waals surface area contributed by atoms with Gasteiger partial charge in [-0.1, -0.05) is 62.4 Å². The van der Waals surface area contributed by atoms with E-state index in [4.69, 9.17) is 4.74 Å². The number of unbranched alkanes of at least 4 members (excludes halogenated alkanes) is 1. The van der Waals surface area contributed by atoms with Crippen molar-refractivity contribution in [3.8, 4) is 0 Å². The molecular formula is C30H41N3O5. The molecule has 8 heteroatoms. The molecule has 0 spiro atoms. The van der Waals surface area contributed by atoms with Gasteiger partial charge in [-0.25, -0.2) is 4.79 Å². The lowest BCUT2D eigenvalue weighted by atomic mass is 9.99. The van der Waals surface area contributed by atoms with Crippen molar-refractivity contribution in [1.29, 1.82) is 0 Å². The van der Waals surface area contributed by atoms with Crippen molar-refractivity contribution in [3.63, 3.8) is 0 Å². The highest BCUT2D eigenvalue weighted by Crippen LogP contribution is 2.28. The van der Waals surface area contributed by atoms with Crippen molar-refractivity contribution in [1.82, 2.24) is 10.2 Å². The fraction of sp³-hybridized carbons (Fsp3) is 0.433. The minimum atomic E-state index is -1.29. The highest BCUT2D eigenvalue weighted by atomic mass is 16.6. The predicted molar refractivity (Wildman–Crippen MR) is 151 cm³/mol. The van der Waals surface area contributed by atoms with Gasteiger partial charge >= 0.3 is 6.09 Å². The monoisotopic (exact) mass is 523 g/mol. The summed E-state index contributed by atoms with van der Waals surface area (Å²) in [5, 5.41) is 15.6. The number of para-hydroxylation sites is 1. The first-order valence-electron chi connectivity index (χ1n) is 12.9. The minimum Gasteiger partial charge on any atom is -0.444 e. The largest absolute Gasteiger partial charge is 0.444 e. The topological polar surface area (TPSA) is 108 Å². The number of benzene rings is 2. The van der Waals surface area contributed by atoms with Gasteiger partial charge in [0.05, 0.1) is 6.61 Å². The molecule has 0 bridgehead atoms. The Morgan fingerprint density at radius 3 is 2.29 bits per heavy atom. The first-order chi connectivity index (χ1) is 17.9. The summed E-state index contributed by atoms with van der Waals surface area (Å²) in [6, 6.07) is 10.7. The quantitative estimate of drug-likeness (QED) is 0.378. The Kier molecular flexibility index (Phi) is 11.1. The fourth-order valence-corrected chi connectivity index (χ4v) is 4.06. The molecule has 0 aromatic heterocycles. The standard InChI is InChI=1S/C30H41N3O5/c1-8-10-17-33(28(36)24(19-34)31-29(37)38-30(5,6)7)26(23-16-12-15-22(9-2)18-23)27(35)32-25-20(3)13-11-14-21(25)4/h9,11-16,18,24,26,34H,2,8,10,17,19H2,1,3-7H3,(H,31,37)(H,32,35). The average molecular weight is 524 g/mol. The first kappa shape index (κ1) is 30.6. The lowest BCUT2D eigenvalue weighted by molar-refractivity contribution is -0.141. The number of carbonyl (C=O) groups excluding carboxylic acids is 3. The Hall–Kier alpha value is -3.65. The molecule has 2 aromatic rings. The number of ether oxygens (including phenoxy) is 1. The Morgan fingerprint density at radius 1 is 1.11 bits per heavy atom. The SMILES string of the molecule is C=Cc1cccc(C(C(=O)Nc2c(C)cccc2C)N(CCCC)C(=O)C(CO)NC(=O)OC(C)(C)C)c1. The Labute approximate surface area is 226 Å². The zero-order valence-corrected chi connectivity index (χ0v) is 23.3. The number of aryl methyl sites for hydroxylation is 2. The van der Waals surface area contributed by atoms with Crippen LogP contribution in [-0.4, -0.2) is 52.7 Å². The molecule has 8 nitrogen and oxygen atoms in total. The van der Waals surface area contributed by atoms with Crippen LogP contribution in [0.3, 0.4) is 0 Å². The third kappa shape index (κ3) is 8.45. The normalized spacial score (nSPS) is 12.7. The van der Waals surface area contributed by atoms with Crippen LogP contribution in [0.4, 0.5) is 10.5 Å². The number of anilines is 1. The van der Waals surface area contributed by atoms with Crippen LogP contribution in [0.25, 0.3) is 6.08 Å². The zero-order chi connectivity index (χ0) is 28.5. The molecule has 0 heterocycles. The van der Waals surface area contributed by atoms with Crippen LogP contribution in [-0.2, 0) is 14.3 Å². The van der Waals surface area contributed by atoms with Crippen molar-refractivity contribution in [2.75, 3.05) is 18.5 Å².